The third-order valence-corrected chi connectivity index (χ3v) is 3.75. The van der Waals surface area contributed by atoms with Crippen LogP contribution in [-0.4, -0.2) is 10.4 Å². The van der Waals surface area contributed by atoms with Crippen LogP contribution in [0.4, 0.5) is 18.9 Å². The smallest absolute Gasteiger partial charge is 0.446 e. The molecular formula is C15H13F3N2O3S. The van der Waals surface area contributed by atoms with E-state index in [0.717, 1.165) is 0 Å². The molecular weight excluding hydrogens is 345 g/mol. The molecule has 0 heterocycles. The van der Waals surface area contributed by atoms with E-state index in [1.807, 2.05) is 0 Å². The third kappa shape index (κ3) is 5.14. The number of alkyl halides is 3. The molecule has 128 valence electrons. The summed E-state index contributed by atoms with van der Waals surface area (Å²) in [5.74, 6) is 0.0749. The number of thioether (sulfide) groups is 1. The van der Waals surface area contributed by atoms with Crippen LogP contribution in [0.3, 0.4) is 0 Å². The highest BCUT2D eigenvalue weighted by molar-refractivity contribution is 8.00. The maximum atomic E-state index is 12.3. The number of nitrogens with two attached hydrogens (primary N) is 1. The molecule has 9 heteroatoms. The topological polar surface area (TPSA) is 78.4 Å². The van der Waals surface area contributed by atoms with Gasteiger partial charge in [-0.25, -0.2) is 0 Å². The maximum absolute atomic E-state index is 12.3. The first kappa shape index (κ1) is 18.1. The van der Waals surface area contributed by atoms with Gasteiger partial charge >= 0.3 is 11.2 Å². The molecule has 5 nitrogen and oxygen atoms in total. The predicted octanol–water partition coefficient (Wildman–Crippen LogP) is 4.24. The first-order chi connectivity index (χ1) is 11.3. The standard InChI is InChI=1S/C15H13F3N2O3S/c16-15(17,18)24-12-4-1-10(2-5-12)9-23-14-6-3-11(8-19)7-13(14)20(21)22/h1-7H,8-9,19H2. The van der Waals surface area contributed by atoms with Gasteiger partial charge in [-0.2, -0.15) is 13.2 Å². The molecule has 0 atom stereocenters. The van der Waals surface area contributed by atoms with E-state index in [9.17, 15) is 23.3 Å². The molecule has 0 unspecified atom stereocenters. The van der Waals surface area contributed by atoms with Crippen molar-refractivity contribution in [2.24, 2.45) is 5.73 Å². The number of hydrogen-bond acceptors (Lipinski definition) is 5. The molecule has 0 bridgehead atoms. The number of nitrogens with zero attached hydrogens (tertiary/aromatic N) is 1. The lowest BCUT2D eigenvalue weighted by Gasteiger charge is -2.09. The molecule has 24 heavy (non-hydrogen) atoms. The highest BCUT2D eigenvalue weighted by Gasteiger charge is 2.29. The molecule has 0 saturated heterocycles. The number of hydrogen-bond donors (Lipinski definition) is 1. The largest absolute Gasteiger partial charge is 0.482 e. The van der Waals surface area contributed by atoms with E-state index in [-0.39, 0.29) is 41.2 Å². The van der Waals surface area contributed by atoms with Crippen molar-refractivity contribution in [1.82, 2.24) is 0 Å². The van der Waals surface area contributed by atoms with E-state index in [1.54, 1.807) is 6.07 Å². The van der Waals surface area contributed by atoms with Crippen molar-refractivity contribution in [2.75, 3.05) is 0 Å². The van der Waals surface area contributed by atoms with Crippen LogP contribution in [0.15, 0.2) is 47.4 Å². The number of halogens is 3. The van der Waals surface area contributed by atoms with Gasteiger partial charge in [-0.1, -0.05) is 18.2 Å². The quantitative estimate of drug-likeness (QED) is 0.475. The van der Waals surface area contributed by atoms with Crippen molar-refractivity contribution in [2.45, 2.75) is 23.6 Å². The SMILES string of the molecule is NCc1ccc(OCc2ccc(SC(F)(F)F)cc2)c([N+](=O)[O-])c1. The van der Waals surface area contributed by atoms with Gasteiger partial charge in [-0.15, -0.1) is 0 Å². The average Bonchev–Trinajstić information content (AvgIpc) is 2.52. The molecule has 2 N–H and O–H groups in total. The molecule has 2 aromatic rings. The summed E-state index contributed by atoms with van der Waals surface area (Å²) in [5.41, 5.74) is 2.09. The highest BCUT2D eigenvalue weighted by atomic mass is 32.2. The lowest BCUT2D eigenvalue weighted by atomic mass is 10.2. The highest BCUT2D eigenvalue weighted by Crippen LogP contribution is 2.36. The van der Waals surface area contributed by atoms with E-state index in [4.69, 9.17) is 10.5 Å². The van der Waals surface area contributed by atoms with Crippen LogP contribution in [0, 0.1) is 10.1 Å². The summed E-state index contributed by atoms with van der Waals surface area (Å²) in [5, 5.41) is 11.1. The van der Waals surface area contributed by atoms with E-state index < -0.39 is 10.4 Å². The normalized spacial score (nSPS) is 11.3. The van der Waals surface area contributed by atoms with Gasteiger partial charge in [0, 0.05) is 17.5 Å². The Kier molecular flexibility index (Phi) is 5.68. The first-order valence-corrected chi connectivity index (χ1v) is 7.55. The summed E-state index contributed by atoms with van der Waals surface area (Å²) in [7, 11) is 0. The molecule has 0 aliphatic rings. The number of benzene rings is 2. The Morgan fingerprint density at radius 2 is 1.75 bits per heavy atom. The van der Waals surface area contributed by atoms with Crippen LogP contribution in [-0.2, 0) is 13.2 Å². The Bertz CT molecular complexity index is 721. The Labute approximate surface area is 139 Å². The van der Waals surface area contributed by atoms with Crippen LogP contribution in [0.2, 0.25) is 0 Å². The number of nitro groups is 1. The van der Waals surface area contributed by atoms with Crippen molar-refractivity contribution in [3.05, 3.63) is 63.7 Å². The molecule has 0 fully saturated rings. The van der Waals surface area contributed by atoms with Crippen molar-refractivity contribution < 1.29 is 22.8 Å². The van der Waals surface area contributed by atoms with Crippen molar-refractivity contribution >= 4 is 17.4 Å². The van der Waals surface area contributed by atoms with Gasteiger partial charge in [-0.3, -0.25) is 10.1 Å². The minimum atomic E-state index is -4.34. The van der Waals surface area contributed by atoms with Crippen LogP contribution in [0.5, 0.6) is 5.75 Å². The van der Waals surface area contributed by atoms with E-state index >= 15 is 0 Å². The minimum Gasteiger partial charge on any atom is -0.482 e. The van der Waals surface area contributed by atoms with Crippen molar-refractivity contribution in [3.63, 3.8) is 0 Å². The van der Waals surface area contributed by atoms with Crippen LogP contribution in [0.1, 0.15) is 11.1 Å². The van der Waals surface area contributed by atoms with Crippen LogP contribution < -0.4 is 10.5 Å². The average molecular weight is 358 g/mol. The second-order valence-corrected chi connectivity index (χ2v) is 5.88. The third-order valence-electron chi connectivity index (χ3n) is 3.01. The maximum Gasteiger partial charge on any atom is 0.446 e. The summed E-state index contributed by atoms with van der Waals surface area (Å²) in [6.45, 7) is 0.166. The number of nitro benzene ring substituents is 1. The minimum absolute atomic E-state index is 0.000222. The van der Waals surface area contributed by atoms with Crippen molar-refractivity contribution in [1.29, 1.82) is 0 Å². The fraction of sp³-hybridized carbons (Fsp3) is 0.200. The van der Waals surface area contributed by atoms with Gasteiger partial charge in [0.15, 0.2) is 5.75 Å². The Morgan fingerprint density at radius 3 is 2.29 bits per heavy atom. The van der Waals surface area contributed by atoms with Gasteiger partial charge < -0.3 is 10.5 Å². The Morgan fingerprint density at radius 1 is 1.12 bits per heavy atom. The van der Waals surface area contributed by atoms with Crippen LogP contribution in [0.25, 0.3) is 0 Å². The monoisotopic (exact) mass is 358 g/mol. The zero-order valence-electron chi connectivity index (χ0n) is 12.2. The van der Waals surface area contributed by atoms with E-state index in [1.165, 1.54) is 36.4 Å². The van der Waals surface area contributed by atoms with E-state index in [0.29, 0.717) is 11.1 Å². The zero-order chi connectivity index (χ0) is 17.7. The van der Waals surface area contributed by atoms with Crippen molar-refractivity contribution in [3.8, 4) is 5.75 Å². The number of ether oxygens (including phenoxy) is 1. The molecule has 0 radical (unpaired) electrons. The fourth-order valence-electron chi connectivity index (χ4n) is 1.90. The second kappa shape index (κ2) is 7.54. The molecule has 0 aliphatic heterocycles. The van der Waals surface area contributed by atoms with Gasteiger partial charge in [0.2, 0.25) is 0 Å². The van der Waals surface area contributed by atoms with E-state index in [2.05, 4.69) is 0 Å². The Balaban J connectivity index is 2.07. The van der Waals surface area contributed by atoms with Crippen LogP contribution >= 0.6 is 11.8 Å². The molecule has 0 aliphatic carbocycles. The molecule has 0 spiro atoms. The molecule has 0 amide bonds. The molecule has 0 saturated carbocycles. The fourth-order valence-corrected chi connectivity index (χ4v) is 2.44. The van der Waals surface area contributed by atoms with Gasteiger partial charge in [0.05, 0.1) is 4.92 Å². The summed E-state index contributed by atoms with van der Waals surface area (Å²) in [6.07, 6.45) is 0. The Hall–Kier alpha value is -2.26. The summed E-state index contributed by atoms with van der Waals surface area (Å²) in [6, 6.07) is 10.0. The van der Waals surface area contributed by atoms with Gasteiger partial charge in [-0.05, 0) is 41.1 Å². The summed E-state index contributed by atoms with van der Waals surface area (Å²) < 4.78 is 42.2. The summed E-state index contributed by atoms with van der Waals surface area (Å²) in [4.78, 5) is 10.5. The lowest BCUT2D eigenvalue weighted by Crippen LogP contribution is -2.02. The predicted molar refractivity (Wildman–Crippen MR) is 83.7 cm³/mol. The molecule has 0 aromatic heterocycles. The summed E-state index contributed by atoms with van der Waals surface area (Å²) >= 11 is -0.208. The first-order valence-electron chi connectivity index (χ1n) is 6.73. The molecule has 2 aromatic carbocycles. The van der Waals surface area contributed by atoms with Gasteiger partial charge in [0.1, 0.15) is 6.61 Å². The lowest BCUT2D eigenvalue weighted by molar-refractivity contribution is -0.386. The second-order valence-electron chi connectivity index (χ2n) is 4.74. The zero-order valence-corrected chi connectivity index (χ0v) is 13.1. The molecule has 2 rings (SSSR count). The number of rotatable bonds is 6. The van der Waals surface area contributed by atoms with Gasteiger partial charge in [0.25, 0.3) is 0 Å².